The first-order chi connectivity index (χ1) is 16.0. The highest BCUT2D eigenvalue weighted by molar-refractivity contribution is 5.63. The zero-order valence-electron chi connectivity index (χ0n) is 19.8. The molecule has 3 aromatic rings. The Labute approximate surface area is 197 Å². The molecule has 0 bridgehead atoms. The van der Waals surface area contributed by atoms with Crippen LogP contribution in [0, 0.1) is 0 Å². The van der Waals surface area contributed by atoms with Crippen molar-refractivity contribution in [1.29, 1.82) is 0 Å². The van der Waals surface area contributed by atoms with Gasteiger partial charge in [0.1, 0.15) is 6.04 Å². The smallest absolute Gasteiger partial charge is 0.110 e. The van der Waals surface area contributed by atoms with Crippen LogP contribution in [0.3, 0.4) is 0 Å². The van der Waals surface area contributed by atoms with Crippen LogP contribution in [0.4, 0.5) is 11.4 Å². The zero-order valence-corrected chi connectivity index (χ0v) is 19.8. The average molecular weight is 437 g/mol. The number of nitrogens with one attached hydrogen (secondary N) is 1. The van der Waals surface area contributed by atoms with Crippen LogP contribution in [0.2, 0.25) is 0 Å². The van der Waals surface area contributed by atoms with Crippen molar-refractivity contribution in [3.63, 3.8) is 0 Å². The fourth-order valence-corrected chi connectivity index (χ4v) is 3.88. The molecule has 1 aliphatic heterocycles. The maximum absolute atomic E-state index is 3.61. The number of hydrogen-bond acceptors (Lipinski definition) is 4. The predicted molar refractivity (Wildman–Crippen MR) is 142 cm³/mol. The second-order valence-electron chi connectivity index (χ2n) is 8.58. The molecular weight excluding hydrogens is 404 g/mol. The lowest BCUT2D eigenvalue weighted by atomic mass is 10.1. The van der Waals surface area contributed by atoms with E-state index in [1.807, 2.05) is 12.1 Å². The third-order valence-electron chi connectivity index (χ3n) is 5.70. The van der Waals surface area contributed by atoms with E-state index < -0.39 is 0 Å². The Morgan fingerprint density at radius 3 is 2.00 bits per heavy atom. The van der Waals surface area contributed by atoms with Crippen LogP contribution in [0.5, 0.6) is 0 Å². The minimum absolute atomic E-state index is 0.0540. The molecule has 33 heavy (non-hydrogen) atoms. The fraction of sp³-hybridized carbons (Fsp3) is 0.172. The Morgan fingerprint density at radius 2 is 1.39 bits per heavy atom. The van der Waals surface area contributed by atoms with Crippen LogP contribution in [0.1, 0.15) is 11.1 Å². The molecule has 0 aliphatic carbocycles. The number of para-hydroxylation sites is 1. The van der Waals surface area contributed by atoms with E-state index in [9.17, 15) is 0 Å². The molecule has 0 fully saturated rings. The first-order valence-corrected chi connectivity index (χ1v) is 11.2. The van der Waals surface area contributed by atoms with E-state index in [0.717, 1.165) is 11.4 Å². The topological polar surface area (TPSA) is 21.8 Å². The van der Waals surface area contributed by atoms with E-state index in [-0.39, 0.29) is 6.04 Å². The number of anilines is 2. The van der Waals surface area contributed by atoms with Crippen molar-refractivity contribution in [2.75, 3.05) is 38.1 Å². The minimum atomic E-state index is 0.0540. The van der Waals surface area contributed by atoms with Crippen LogP contribution < -0.4 is 15.3 Å². The van der Waals surface area contributed by atoms with Crippen molar-refractivity contribution >= 4 is 23.5 Å². The molecule has 3 aromatic carbocycles. The zero-order chi connectivity index (χ0) is 23.2. The van der Waals surface area contributed by atoms with Crippen molar-refractivity contribution in [1.82, 2.24) is 10.3 Å². The Hall–Kier alpha value is -3.92. The number of nitrogens with zero attached hydrogens (tertiary/aromatic N) is 3. The number of hydrazine groups is 1. The molecule has 4 heteroatoms. The molecule has 0 spiro atoms. The van der Waals surface area contributed by atoms with E-state index in [0.29, 0.717) is 0 Å². The maximum Gasteiger partial charge on any atom is 0.110 e. The molecule has 4 nitrogen and oxygen atoms in total. The van der Waals surface area contributed by atoms with Gasteiger partial charge in [0.05, 0.1) is 11.4 Å². The largest absolute Gasteiger partial charge is 0.379 e. The summed E-state index contributed by atoms with van der Waals surface area (Å²) in [6, 6.07) is 29.6. The molecule has 1 atom stereocenters. The second kappa shape index (κ2) is 10.1. The number of benzene rings is 3. The van der Waals surface area contributed by atoms with E-state index in [2.05, 4.69) is 146 Å². The molecule has 1 aliphatic rings. The summed E-state index contributed by atoms with van der Waals surface area (Å²) in [6.07, 6.45) is 8.84. The Balaban J connectivity index is 1.66. The second-order valence-corrected chi connectivity index (χ2v) is 8.58. The van der Waals surface area contributed by atoms with E-state index in [4.69, 9.17) is 0 Å². The molecule has 4 rings (SSSR count). The van der Waals surface area contributed by atoms with Gasteiger partial charge in [-0.25, -0.2) is 0 Å². The van der Waals surface area contributed by atoms with Crippen LogP contribution in [0.15, 0.2) is 108 Å². The summed E-state index contributed by atoms with van der Waals surface area (Å²) in [4.78, 5) is 4.30. The van der Waals surface area contributed by atoms with Crippen molar-refractivity contribution in [3.8, 4) is 0 Å². The molecule has 0 saturated heterocycles. The van der Waals surface area contributed by atoms with Crippen molar-refractivity contribution in [2.24, 2.45) is 0 Å². The van der Waals surface area contributed by atoms with Gasteiger partial charge in [-0.15, -0.1) is 0 Å². The summed E-state index contributed by atoms with van der Waals surface area (Å²) in [5, 5.41) is 2.23. The SMILES string of the molecule is CN(C)C(=Cc1ccccc1)C1C=C(C=Cc2ccc(N(C)C)cc2)NN1c1ccccc1. The Morgan fingerprint density at radius 1 is 0.758 bits per heavy atom. The minimum Gasteiger partial charge on any atom is -0.379 e. The van der Waals surface area contributed by atoms with Gasteiger partial charge in [0.25, 0.3) is 0 Å². The predicted octanol–water partition coefficient (Wildman–Crippen LogP) is 5.65. The Bertz CT molecular complexity index is 1130. The van der Waals surface area contributed by atoms with Gasteiger partial charge in [-0.2, -0.15) is 0 Å². The summed E-state index contributed by atoms with van der Waals surface area (Å²) >= 11 is 0. The number of rotatable bonds is 7. The summed E-state index contributed by atoms with van der Waals surface area (Å²) in [7, 11) is 8.32. The van der Waals surface area contributed by atoms with Gasteiger partial charge < -0.3 is 9.80 Å². The molecule has 1 heterocycles. The van der Waals surface area contributed by atoms with E-state index in [1.54, 1.807) is 0 Å². The standard InChI is InChI=1S/C29H32N4/c1-31(2)26-19-16-23(17-20-26)15-18-25-22-29(33(30-25)27-13-9-6-10-14-27)28(32(3)4)21-24-11-7-5-8-12-24/h5-22,29-30H,1-4H3. The lowest BCUT2D eigenvalue weighted by Crippen LogP contribution is -2.42. The quantitative estimate of drug-likeness (QED) is 0.517. The third-order valence-corrected chi connectivity index (χ3v) is 5.70. The molecule has 0 aromatic heterocycles. The van der Waals surface area contributed by atoms with Crippen molar-refractivity contribution in [3.05, 3.63) is 120 Å². The fourth-order valence-electron chi connectivity index (χ4n) is 3.88. The Kier molecular flexibility index (Phi) is 6.84. The molecular formula is C29H32N4. The molecule has 0 amide bonds. The lowest BCUT2D eigenvalue weighted by Gasteiger charge is -2.32. The number of likely N-dealkylation sites (N-methyl/N-ethyl adjacent to an activating group) is 1. The highest BCUT2D eigenvalue weighted by Gasteiger charge is 2.28. The molecule has 0 saturated carbocycles. The van der Waals surface area contributed by atoms with Gasteiger partial charge in [-0.1, -0.05) is 66.7 Å². The normalized spacial score (nSPS) is 16.0. The average Bonchev–Trinajstić information content (AvgIpc) is 3.26. The van der Waals surface area contributed by atoms with Crippen molar-refractivity contribution in [2.45, 2.75) is 6.04 Å². The highest BCUT2D eigenvalue weighted by atomic mass is 15.5. The van der Waals surface area contributed by atoms with Crippen molar-refractivity contribution < 1.29 is 0 Å². The van der Waals surface area contributed by atoms with Crippen LogP contribution in [-0.2, 0) is 0 Å². The summed E-state index contributed by atoms with van der Waals surface area (Å²) in [6.45, 7) is 0. The monoisotopic (exact) mass is 436 g/mol. The highest BCUT2D eigenvalue weighted by Crippen LogP contribution is 2.28. The van der Waals surface area contributed by atoms with Crippen LogP contribution in [-0.4, -0.2) is 39.1 Å². The van der Waals surface area contributed by atoms with Gasteiger partial charge in [0, 0.05) is 39.6 Å². The van der Waals surface area contributed by atoms with Crippen LogP contribution >= 0.6 is 0 Å². The first kappa shape index (κ1) is 22.3. The van der Waals surface area contributed by atoms with Gasteiger partial charge >= 0.3 is 0 Å². The van der Waals surface area contributed by atoms with Gasteiger partial charge in [-0.05, 0) is 53.6 Å². The third kappa shape index (κ3) is 5.47. The summed E-state index contributed by atoms with van der Waals surface area (Å²) in [5.74, 6) is 0. The molecule has 1 unspecified atom stereocenters. The van der Waals surface area contributed by atoms with E-state index in [1.165, 1.54) is 22.5 Å². The van der Waals surface area contributed by atoms with Gasteiger partial charge in [-0.3, -0.25) is 10.4 Å². The van der Waals surface area contributed by atoms with E-state index >= 15 is 0 Å². The van der Waals surface area contributed by atoms with Crippen LogP contribution in [0.25, 0.3) is 12.2 Å². The molecule has 1 N–H and O–H groups in total. The van der Waals surface area contributed by atoms with Gasteiger partial charge in [0.15, 0.2) is 0 Å². The molecule has 0 radical (unpaired) electrons. The molecule has 168 valence electrons. The van der Waals surface area contributed by atoms with Gasteiger partial charge in [0.2, 0.25) is 0 Å². The summed E-state index contributed by atoms with van der Waals surface area (Å²) in [5.41, 5.74) is 10.6. The first-order valence-electron chi connectivity index (χ1n) is 11.2. The number of hydrogen-bond donors (Lipinski definition) is 1. The lowest BCUT2D eigenvalue weighted by molar-refractivity contribution is 0.477. The number of allylic oxidation sites excluding steroid dienone is 1. The maximum atomic E-state index is 3.61. The summed E-state index contributed by atoms with van der Waals surface area (Å²) < 4.78 is 0.